The number of aryl methyl sites for hydroxylation is 2. The number of hydrogen-bond donors (Lipinski definition) is 0. The van der Waals surface area contributed by atoms with Crippen molar-refractivity contribution in [3.8, 4) is 11.5 Å². The van der Waals surface area contributed by atoms with E-state index in [0.29, 0.717) is 17.9 Å². The topological polar surface area (TPSA) is 55.8 Å². The normalized spacial score (nSPS) is 19.1. The van der Waals surface area contributed by atoms with Crippen molar-refractivity contribution in [1.82, 2.24) is 0 Å². The predicted molar refractivity (Wildman–Crippen MR) is 116 cm³/mol. The fourth-order valence-corrected chi connectivity index (χ4v) is 4.78. The lowest BCUT2D eigenvalue weighted by Crippen LogP contribution is -2.41. The van der Waals surface area contributed by atoms with Crippen molar-refractivity contribution in [2.75, 3.05) is 19.1 Å². The maximum absolute atomic E-state index is 13.5. The van der Waals surface area contributed by atoms with Crippen LogP contribution in [0.5, 0.6) is 11.5 Å². The van der Waals surface area contributed by atoms with Gasteiger partial charge < -0.3 is 9.47 Å². The van der Waals surface area contributed by atoms with E-state index in [1.165, 1.54) is 0 Å². The van der Waals surface area contributed by atoms with Gasteiger partial charge in [0.25, 0.3) is 0 Å². The number of para-hydroxylation sites is 1. The summed E-state index contributed by atoms with van der Waals surface area (Å²) in [6.07, 6.45) is 2.23. The number of benzene rings is 2. The molecule has 1 aliphatic heterocycles. The van der Waals surface area contributed by atoms with E-state index < -0.39 is 0 Å². The van der Waals surface area contributed by atoms with Gasteiger partial charge in [-0.1, -0.05) is 24.3 Å². The third-order valence-corrected chi connectivity index (χ3v) is 6.15. The Morgan fingerprint density at radius 2 is 1.70 bits per heavy atom. The van der Waals surface area contributed by atoms with Gasteiger partial charge in [0.15, 0.2) is 5.78 Å². The highest BCUT2D eigenvalue weighted by Crippen LogP contribution is 2.47. The Bertz CT molecular complexity index is 1030. The Balaban J connectivity index is 1.91. The fourth-order valence-electron chi connectivity index (χ4n) is 4.78. The van der Waals surface area contributed by atoms with Gasteiger partial charge in [-0.15, -0.1) is 0 Å². The molecule has 1 atom stereocenters. The van der Waals surface area contributed by atoms with Crippen LogP contribution in [-0.4, -0.2) is 25.9 Å². The number of Topliss-reactive ketones (excluding diaryl/α,β-unsaturated/α-hetero) is 1. The number of ether oxygens (including phenoxy) is 2. The molecule has 156 valence electrons. The molecule has 5 heteroatoms. The maximum Gasteiger partial charge on any atom is 0.232 e. The third-order valence-electron chi connectivity index (χ3n) is 6.15. The molecule has 0 fully saturated rings. The number of anilines is 1. The first-order valence-corrected chi connectivity index (χ1v) is 10.3. The Morgan fingerprint density at radius 1 is 0.967 bits per heavy atom. The molecule has 1 unspecified atom stereocenters. The van der Waals surface area contributed by atoms with E-state index >= 15 is 0 Å². The second-order valence-corrected chi connectivity index (χ2v) is 7.97. The van der Waals surface area contributed by atoms with Gasteiger partial charge in [0, 0.05) is 41.7 Å². The van der Waals surface area contributed by atoms with Crippen molar-refractivity contribution in [3.05, 3.63) is 64.4 Å². The van der Waals surface area contributed by atoms with Crippen LogP contribution in [0.2, 0.25) is 0 Å². The number of ketones is 1. The van der Waals surface area contributed by atoms with Crippen LogP contribution in [0.4, 0.5) is 5.69 Å². The smallest absolute Gasteiger partial charge is 0.232 e. The molecule has 30 heavy (non-hydrogen) atoms. The van der Waals surface area contributed by atoms with Gasteiger partial charge >= 0.3 is 0 Å². The molecule has 1 amide bonds. The van der Waals surface area contributed by atoms with E-state index in [-0.39, 0.29) is 24.0 Å². The molecule has 4 rings (SSSR count). The molecule has 1 aliphatic carbocycles. The fraction of sp³-hybridized carbons (Fsp3) is 0.360. The minimum Gasteiger partial charge on any atom is -0.497 e. The summed E-state index contributed by atoms with van der Waals surface area (Å²) in [6, 6.07) is 11.6. The zero-order valence-corrected chi connectivity index (χ0v) is 18.0. The standard InChI is InChI=1S/C25H27NO4/c1-15-7-5-8-16(2)25(15)26-20-9-6-10-21(27)24(20)19(14-23(26)28)18-12-11-17(29-3)13-22(18)30-4/h5,7-8,11-13,19H,6,9-10,14H2,1-4H3. The molecule has 2 aromatic carbocycles. The van der Waals surface area contributed by atoms with Crippen LogP contribution in [0.1, 0.15) is 48.3 Å². The van der Waals surface area contributed by atoms with Gasteiger partial charge in [-0.25, -0.2) is 0 Å². The molecule has 0 saturated heterocycles. The van der Waals surface area contributed by atoms with Crippen LogP contribution in [0.25, 0.3) is 0 Å². The molecule has 0 saturated carbocycles. The Hall–Kier alpha value is -3.08. The molecule has 0 bridgehead atoms. The summed E-state index contributed by atoms with van der Waals surface area (Å²) < 4.78 is 10.9. The Kier molecular flexibility index (Phi) is 5.37. The Labute approximate surface area is 177 Å². The van der Waals surface area contributed by atoms with E-state index in [1.807, 2.05) is 55.1 Å². The molecule has 0 spiro atoms. The van der Waals surface area contributed by atoms with Crippen molar-refractivity contribution in [2.45, 2.75) is 45.4 Å². The summed E-state index contributed by atoms with van der Waals surface area (Å²) in [7, 11) is 3.20. The lowest BCUT2D eigenvalue weighted by molar-refractivity contribution is -0.119. The van der Waals surface area contributed by atoms with Gasteiger partial charge in [0.05, 0.1) is 19.9 Å². The summed E-state index contributed by atoms with van der Waals surface area (Å²) in [4.78, 5) is 28.4. The number of methoxy groups -OCH3 is 2. The van der Waals surface area contributed by atoms with Crippen molar-refractivity contribution in [3.63, 3.8) is 0 Å². The van der Waals surface area contributed by atoms with Crippen molar-refractivity contribution >= 4 is 17.4 Å². The molecule has 2 aromatic rings. The quantitative estimate of drug-likeness (QED) is 0.730. The summed E-state index contributed by atoms with van der Waals surface area (Å²) in [6.45, 7) is 4.03. The number of allylic oxidation sites excluding steroid dienone is 2. The second kappa shape index (κ2) is 7.98. The average molecular weight is 405 g/mol. The maximum atomic E-state index is 13.5. The number of amides is 1. The summed E-state index contributed by atoms with van der Waals surface area (Å²) in [5.74, 6) is 1.16. The lowest BCUT2D eigenvalue weighted by Gasteiger charge is -2.39. The largest absolute Gasteiger partial charge is 0.497 e. The molecule has 0 radical (unpaired) electrons. The first-order valence-electron chi connectivity index (χ1n) is 10.3. The molecular weight excluding hydrogens is 378 g/mol. The van der Waals surface area contributed by atoms with Gasteiger partial charge in [-0.3, -0.25) is 14.5 Å². The van der Waals surface area contributed by atoms with Crippen LogP contribution in [0.15, 0.2) is 47.7 Å². The number of hydrogen-bond acceptors (Lipinski definition) is 4. The summed E-state index contributed by atoms with van der Waals surface area (Å²) in [5, 5.41) is 0. The number of nitrogens with zero attached hydrogens (tertiary/aromatic N) is 1. The van der Waals surface area contributed by atoms with Crippen LogP contribution >= 0.6 is 0 Å². The lowest BCUT2D eigenvalue weighted by atomic mass is 9.76. The monoisotopic (exact) mass is 405 g/mol. The van der Waals surface area contributed by atoms with E-state index in [2.05, 4.69) is 0 Å². The van der Waals surface area contributed by atoms with Crippen molar-refractivity contribution in [2.24, 2.45) is 0 Å². The van der Waals surface area contributed by atoms with Crippen LogP contribution in [0, 0.1) is 13.8 Å². The van der Waals surface area contributed by atoms with Gasteiger partial charge in [0.2, 0.25) is 5.91 Å². The zero-order valence-electron chi connectivity index (χ0n) is 18.0. The first-order chi connectivity index (χ1) is 14.5. The third kappa shape index (κ3) is 3.28. The molecule has 5 nitrogen and oxygen atoms in total. The van der Waals surface area contributed by atoms with Gasteiger partial charge in [0.1, 0.15) is 11.5 Å². The van der Waals surface area contributed by atoms with Crippen LogP contribution < -0.4 is 14.4 Å². The van der Waals surface area contributed by atoms with Gasteiger partial charge in [-0.2, -0.15) is 0 Å². The van der Waals surface area contributed by atoms with Gasteiger partial charge in [-0.05, 0) is 43.9 Å². The van der Waals surface area contributed by atoms with E-state index in [1.54, 1.807) is 14.2 Å². The number of carbonyl (C=O) groups excluding carboxylic acids is 2. The van der Waals surface area contributed by atoms with Crippen molar-refractivity contribution < 1.29 is 19.1 Å². The first kappa shape index (κ1) is 20.2. The highest BCUT2D eigenvalue weighted by Gasteiger charge is 2.41. The highest BCUT2D eigenvalue weighted by atomic mass is 16.5. The molecule has 2 aliphatic rings. The van der Waals surface area contributed by atoms with Crippen molar-refractivity contribution in [1.29, 1.82) is 0 Å². The minimum atomic E-state index is -0.304. The van der Waals surface area contributed by atoms with E-state index in [0.717, 1.165) is 46.5 Å². The number of rotatable bonds is 4. The van der Waals surface area contributed by atoms with E-state index in [9.17, 15) is 9.59 Å². The van der Waals surface area contributed by atoms with Crippen LogP contribution in [0.3, 0.4) is 0 Å². The zero-order chi connectivity index (χ0) is 21.4. The Morgan fingerprint density at radius 3 is 2.37 bits per heavy atom. The summed E-state index contributed by atoms with van der Waals surface area (Å²) in [5.41, 5.74) is 5.44. The van der Waals surface area contributed by atoms with E-state index in [4.69, 9.17) is 9.47 Å². The minimum absolute atomic E-state index is 0.0173. The molecule has 0 N–H and O–H groups in total. The highest BCUT2D eigenvalue weighted by molar-refractivity contribution is 6.08. The van der Waals surface area contributed by atoms with Crippen LogP contribution in [-0.2, 0) is 9.59 Å². The predicted octanol–water partition coefficient (Wildman–Crippen LogP) is 4.85. The molecule has 1 heterocycles. The molecule has 0 aromatic heterocycles. The average Bonchev–Trinajstić information content (AvgIpc) is 2.74. The molecular formula is C25H27NO4. The second-order valence-electron chi connectivity index (χ2n) is 7.97. The SMILES string of the molecule is COc1ccc(C2CC(=O)N(c3c(C)cccc3C)C3=C2C(=O)CCC3)c(OC)c1. The summed E-state index contributed by atoms with van der Waals surface area (Å²) >= 11 is 0. The number of carbonyl (C=O) groups is 2.